The predicted octanol–water partition coefficient (Wildman–Crippen LogP) is 3.44. The first-order valence-corrected chi connectivity index (χ1v) is 6.88. The van der Waals surface area contributed by atoms with E-state index in [9.17, 15) is 4.79 Å². The minimum absolute atomic E-state index is 0.0682. The Morgan fingerprint density at radius 2 is 1.95 bits per heavy atom. The number of aromatic nitrogens is 1. The minimum atomic E-state index is 0.0682. The second-order valence-corrected chi connectivity index (χ2v) is 5.19. The van der Waals surface area contributed by atoms with Gasteiger partial charge in [0, 0.05) is 24.1 Å². The molecule has 0 atom stereocenters. The van der Waals surface area contributed by atoms with Gasteiger partial charge in [-0.1, -0.05) is 30.3 Å². The van der Waals surface area contributed by atoms with E-state index in [1.165, 1.54) is 5.56 Å². The van der Waals surface area contributed by atoms with Crippen molar-refractivity contribution in [3.63, 3.8) is 0 Å². The maximum absolute atomic E-state index is 12.1. The highest BCUT2D eigenvalue weighted by Crippen LogP contribution is 2.15. The Balaban J connectivity index is 1.94. The molecular formula is C15H15BrN2O. The van der Waals surface area contributed by atoms with Gasteiger partial charge in [0.05, 0.1) is 0 Å². The van der Waals surface area contributed by atoms with Crippen molar-refractivity contribution in [3.05, 3.63) is 58.7 Å². The summed E-state index contributed by atoms with van der Waals surface area (Å²) in [6.45, 7) is 0. The Kier molecular flexibility index (Phi) is 4.68. The third kappa shape index (κ3) is 3.89. The number of carbonyl (C=O) groups is 1. The Labute approximate surface area is 121 Å². The Morgan fingerprint density at radius 1 is 1.21 bits per heavy atom. The molecule has 0 fully saturated rings. The lowest BCUT2D eigenvalue weighted by molar-refractivity contribution is -0.118. The van der Waals surface area contributed by atoms with Crippen LogP contribution in [0.3, 0.4) is 0 Å². The molecule has 1 aromatic carbocycles. The van der Waals surface area contributed by atoms with Gasteiger partial charge in [0.1, 0.15) is 5.82 Å². The number of amides is 1. The molecule has 0 aliphatic rings. The van der Waals surface area contributed by atoms with E-state index in [2.05, 4.69) is 20.9 Å². The molecule has 2 aromatic rings. The largest absolute Gasteiger partial charge is 0.300 e. The quantitative estimate of drug-likeness (QED) is 0.865. The normalized spacial score (nSPS) is 10.2. The monoisotopic (exact) mass is 318 g/mol. The standard InChI is InChI=1S/C15H15BrN2O/c1-18(14-9-8-13(16)11-17-14)15(19)10-7-12-5-3-2-4-6-12/h2-6,8-9,11H,7,10H2,1H3. The Bertz CT molecular complexity index is 540. The zero-order valence-corrected chi connectivity index (χ0v) is 12.3. The molecule has 0 bridgehead atoms. The number of halogens is 1. The molecule has 1 aromatic heterocycles. The van der Waals surface area contributed by atoms with Gasteiger partial charge in [-0.2, -0.15) is 0 Å². The van der Waals surface area contributed by atoms with Crippen molar-refractivity contribution >= 4 is 27.7 Å². The van der Waals surface area contributed by atoms with Crippen molar-refractivity contribution < 1.29 is 4.79 Å². The fourth-order valence-corrected chi connectivity index (χ4v) is 1.99. The van der Waals surface area contributed by atoms with Crippen molar-refractivity contribution in [2.24, 2.45) is 0 Å². The van der Waals surface area contributed by atoms with Gasteiger partial charge in [-0.05, 0) is 40.0 Å². The molecule has 4 heteroatoms. The smallest absolute Gasteiger partial charge is 0.228 e. The van der Waals surface area contributed by atoms with Gasteiger partial charge in [0.2, 0.25) is 5.91 Å². The van der Waals surface area contributed by atoms with E-state index in [0.717, 1.165) is 10.9 Å². The highest BCUT2D eigenvalue weighted by molar-refractivity contribution is 9.10. The first kappa shape index (κ1) is 13.7. The Hall–Kier alpha value is -1.68. The average molecular weight is 319 g/mol. The fraction of sp³-hybridized carbons (Fsp3) is 0.200. The summed E-state index contributed by atoms with van der Waals surface area (Å²) in [5.41, 5.74) is 1.17. The SMILES string of the molecule is CN(C(=O)CCc1ccccc1)c1ccc(Br)cn1. The maximum atomic E-state index is 12.1. The lowest BCUT2D eigenvalue weighted by atomic mass is 10.1. The number of rotatable bonds is 4. The van der Waals surface area contributed by atoms with E-state index in [4.69, 9.17) is 0 Å². The number of anilines is 1. The number of hydrogen-bond acceptors (Lipinski definition) is 2. The zero-order valence-electron chi connectivity index (χ0n) is 10.7. The molecule has 0 spiro atoms. The van der Waals surface area contributed by atoms with Gasteiger partial charge in [-0.25, -0.2) is 4.98 Å². The van der Waals surface area contributed by atoms with Crippen LogP contribution in [0.25, 0.3) is 0 Å². The molecule has 0 aliphatic carbocycles. The van der Waals surface area contributed by atoms with E-state index in [-0.39, 0.29) is 5.91 Å². The van der Waals surface area contributed by atoms with Crippen LogP contribution in [0, 0.1) is 0 Å². The van der Waals surface area contributed by atoms with E-state index in [1.807, 2.05) is 42.5 Å². The number of aryl methyl sites for hydroxylation is 1. The molecule has 0 aliphatic heterocycles. The van der Waals surface area contributed by atoms with Crippen LogP contribution in [0.2, 0.25) is 0 Å². The summed E-state index contributed by atoms with van der Waals surface area (Å²) in [5.74, 6) is 0.736. The van der Waals surface area contributed by atoms with E-state index in [0.29, 0.717) is 12.2 Å². The van der Waals surface area contributed by atoms with Crippen LogP contribution in [-0.2, 0) is 11.2 Å². The predicted molar refractivity (Wildman–Crippen MR) is 80.1 cm³/mol. The van der Waals surface area contributed by atoms with Crippen LogP contribution in [0.15, 0.2) is 53.1 Å². The summed E-state index contributed by atoms with van der Waals surface area (Å²) in [4.78, 5) is 17.9. The summed E-state index contributed by atoms with van der Waals surface area (Å²) in [6, 6.07) is 13.7. The van der Waals surface area contributed by atoms with Gasteiger partial charge in [-0.15, -0.1) is 0 Å². The number of pyridine rings is 1. The van der Waals surface area contributed by atoms with Crippen molar-refractivity contribution in [1.29, 1.82) is 0 Å². The zero-order chi connectivity index (χ0) is 13.7. The third-order valence-electron chi connectivity index (χ3n) is 2.90. The second kappa shape index (κ2) is 6.48. The molecular weight excluding hydrogens is 304 g/mol. The highest BCUT2D eigenvalue weighted by Gasteiger charge is 2.11. The van der Waals surface area contributed by atoms with Crippen molar-refractivity contribution in [3.8, 4) is 0 Å². The van der Waals surface area contributed by atoms with Crippen molar-refractivity contribution in [2.75, 3.05) is 11.9 Å². The number of benzene rings is 1. The molecule has 0 saturated heterocycles. The van der Waals surface area contributed by atoms with E-state index < -0.39 is 0 Å². The second-order valence-electron chi connectivity index (χ2n) is 4.27. The molecule has 3 nitrogen and oxygen atoms in total. The van der Waals surface area contributed by atoms with Crippen LogP contribution in [0.4, 0.5) is 5.82 Å². The average Bonchev–Trinajstić information content (AvgIpc) is 2.46. The van der Waals surface area contributed by atoms with Crippen molar-refractivity contribution in [2.45, 2.75) is 12.8 Å². The molecule has 0 unspecified atom stereocenters. The van der Waals surface area contributed by atoms with E-state index in [1.54, 1.807) is 18.1 Å². The summed E-state index contributed by atoms with van der Waals surface area (Å²) >= 11 is 3.33. The summed E-state index contributed by atoms with van der Waals surface area (Å²) in [6.07, 6.45) is 2.93. The summed E-state index contributed by atoms with van der Waals surface area (Å²) in [7, 11) is 1.75. The first-order valence-electron chi connectivity index (χ1n) is 6.09. The van der Waals surface area contributed by atoms with Gasteiger partial charge < -0.3 is 0 Å². The molecule has 0 saturated carbocycles. The van der Waals surface area contributed by atoms with Crippen LogP contribution >= 0.6 is 15.9 Å². The molecule has 0 radical (unpaired) electrons. The van der Waals surface area contributed by atoms with E-state index >= 15 is 0 Å². The highest BCUT2D eigenvalue weighted by atomic mass is 79.9. The molecule has 1 heterocycles. The number of nitrogens with zero attached hydrogens (tertiary/aromatic N) is 2. The number of hydrogen-bond donors (Lipinski definition) is 0. The van der Waals surface area contributed by atoms with Crippen molar-refractivity contribution in [1.82, 2.24) is 4.98 Å². The molecule has 1 amide bonds. The lowest BCUT2D eigenvalue weighted by Crippen LogP contribution is -2.27. The van der Waals surface area contributed by atoms with Crippen LogP contribution in [0.5, 0.6) is 0 Å². The van der Waals surface area contributed by atoms with Gasteiger partial charge >= 0.3 is 0 Å². The summed E-state index contributed by atoms with van der Waals surface area (Å²) in [5, 5.41) is 0. The van der Waals surface area contributed by atoms with Crippen LogP contribution in [0.1, 0.15) is 12.0 Å². The third-order valence-corrected chi connectivity index (χ3v) is 3.37. The lowest BCUT2D eigenvalue weighted by Gasteiger charge is -2.16. The van der Waals surface area contributed by atoms with Gasteiger partial charge in [0.15, 0.2) is 0 Å². The van der Waals surface area contributed by atoms with Gasteiger partial charge in [-0.3, -0.25) is 9.69 Å². The van der Waals surface area contributed by atoms with Gasteiger partial charge in [0.25, 0.3) is 0 Å². The fourth-order valence-electron chi connectivity index (χ4n) is 1.76. The maximum Gasteiger partial charge on any atom is 0.228 e. The summed E-state index contributed by atoms with van der Waals surface area (Å²) < 4.78 is 0.904. The molecule has 2 rings (SSSR count). The van der Waals surface area contributed by atoms with Crippen LogP contribution < -0.4 is 4.90 Å². The molecule has 19 heavy (non-hydrogen) atoms. The Morgan fingerprint density at radius 3 is 2.58 bits per heavy atom. The molecule has 0 N–H and O–H groups in total. The number of carbonyl (C=O) groups excluding carboxylic acids is 1. The first-order chi connectivity index (χ1) is 9.16. The minimum Gasteiger partial charge on any atom is -0.300 e. The topological polar surface area (TPSA) is 33.2 Å². The van der Waals surface area contributed by atoms with Crippen LogP contribution in [-0.4, -0.2) is 17.9 Å². The molecule has 98 valence electrons.